The summed E-state index contributed by atoms with van der Waals surface area (Å²) in [6.07, 6.45) is 0.576. The normalized spacial score (nSPS) is 19.1. The van der Waals surface area contributed by atoms with Crippen molar-refractivity contribution < 1.29 is 33.0 Å². The Labute approximate surface area is 208 Å². The molecular formula is C26H29F2N3O5. The second-order valence-corrected chi connectivity index (χ2v) is 10.0. The highest BCUT2D eigenvalue weighted by molar-refractivity contribution is 5.97. The Morgan fingerprint density at radius 2 is 1.67 bits per heavy atom. The van der Waals surface area contributed by atoms with Crippen LogP contribution in [0.25, 0.3) is 0 Å². The number of carbonyl (C=O) groups is 3. The third kappa shape index (κ3) is 5.12. The Kier molecular flexibility index (Phi) is 6.88. The molecule has 0 bridgehead atoms. The van der Waals surface area contributed by atoms with E-state index in [4.69, 9.17) is 4.74 Å². The number of halogens is 2. The van der Waals surface area contributed by atoms with E-state index in [9.17, 15) is 28.3 Å². The van der Waals surface area contributed by atoms with Crippen molar-refractivity contribution in [3.63, 3.8) is 0 Å². The Bertz CT molecular complexity index is 1160. The van der Waals surface area contributed by atoms with Gasteiger partial charge in [-0.3, -0.25) is 4.90 Å². The summed E-state index contributed by atoms with van der Waals surface area (Å²) in [6.45, 7) is 6.23. The van der Waals surface area contributed by atoms with Crippen molar-refractivity contribution in [1.29, 1.82) is 0 Å². The monoisotopic (exact) mass is 501 g/mol. The predicted molar refractivity (Wildman–Crippen MR) is 128 cm³/mol. The molecule has 8 nitrogen and oxygen atoms in total. The maximum Gasteiger partial charge on any atom is 0.410 e. The molecule has 0 radical (unpaired) electrons. The average Bonchev–Trinajstić information content (AvgIpc) is 3.15. The molecule has 4 rings (SSSR count). The summed E-state index contributed by atoms with van der Waals surface area (Å²) in [6, 6.07) is 9.44. The molecule has 2 saturated heterocycles. The average molecular weight is 502 g/mol. The molecule has 2 aromatic carbocycles. The van der Waals surface area contributed by atoms with Gasteiger partial charge in [0.1, 0.15) is 17.2 Å². The number of aromatic carboxylic acids is 1. The van der Waals surface area contributed by atoms with Crippen LogP contribution in [-0.4, -0.2) is 64.3 Å². The second kappa shape index (κ2) is 9.75. The number of piperidine rings is 1. The van der Waals surface area contributed by atoms with Gasteiger partial charge >= 0.3 is 18.1 Å². The number of likely N-dealkylation sites (tertiary alicyclic amines) is 1. The number of urea groups is 1. The number of carboxylic acids is 1. The first-order chi connectivity index (χ1) is 17.0. The van der Waals surface area contributed by atoms with Crippen LogP contribution in [0.2, 0.25) is 0 Å². The van der Waals surface area contributed by atoms with Crippen molar-refractivity contribution in [2.45, 2.75) is 51.3 Å². The number of rotatable bonds is 4. The highest BCUT2D eigenvalue weighted by atomic mass is 19.1. The number of nitrogens with zero attached hydrogens (tertiary/aromatic N) is 3. The molecule has 36 heavy (non-hydrogen) atoms. The Morgan fingerprint density at radius 1 is 1.03 bits per heavy atom. The fourth-order valence-electron chi connectivity index (χ4n) is 4.73. The minimum absolute atomic E-state index is 0.0662. The summed E-state index contributed by atoms with van der Waals surface area (Å²) in [5, 5.41) is 9.30. The summed E-state index contributed by atoms with van der Waals surface area (Å²) < 4.78 is 34.2. The predicted octanol–water partition coefficient (Wildman–Crippen LogP) is 5.05. The maximum atomic E-state index is 14.8. The molecule has 192 valence electrons. The fourth-order valence-corrected chi connectivity index (χ4v) is 4.73. The molecule has 2 fully saturated rings. The Balaban J connectivity index is 1.61. The lowest BCUT2D eigenvalue weighted by atomic mass is 9.99. The van der Waals surface area contributed by atoms with Gasteiger partial charge in [-0.25, -0.2) is 23.2 Å². The van der Waals surface area contributed by atoms with Gasteiger partial charge in [0.25, 0.3) is 0 Å². The highest BCUT2D eigenvalue weighted by Gasteiger charge is 2.45. The molecule has 0 aromatic heterocycles. The number of carbonyl (C=O) groups excluding carboxylic acids is 2. The van der Waals surface area contributed by atoms with Crippen LogP contribution in [0.5, 0.6) is 0 Å². The quantitative estimate of drug-likeness (QED) is 0.634. The van der Waals surface area contributed by atoms with Gasteiger partial charge in [0.2, 0.25) is 0 Å². The van der Waals surface area contributed by atoms with E-state index in [0.717, 1.165) is 11.6 Å². The van der Waals surface area contributed by atoms with Crippen molar-refractivity contribution in [1.82, 2.24) is 9.80 Å². The topological polar surface area (TPSA) is 90.4 Å². The van der Waals surface area contributed by atoms with Gasteiger partial charge in [0.05, 0.1) is 23.8 Å². The number of amides is 3. The van der Waals surface area contributed by atoms with Crippen LogP contribution in [-0.2, 0) is 4.74 Å². The van der Waals surface area contributed by atoms with Crippen LogP contribution >= 0.6 is 0 Å². The molecule has 2 aliphatic heterocycles. The largest absolute Gasteiger partial charge is 0.478 e. The molecule has 2 heterocycles. The summed E-state index contributed by atoms with van der Waals surface area (Å²) in [5.74, 6) is -3.77. The SMILES string of the molecule is CC(C)(C)OC(=O)N1CCC(N2C(=O)N(c3cc(C(=O)O)c(F)cc3F)C[C@H]2c2ccccc2)CC1. The third-order valence-electron chi connectivity index (χ3n) is 6.39. The molecule has 1 atom stereocenters. The minimum atomic E-state index is -1.55. The van der Waals surface area contributed by atoms with E-state index in [2.05, 4.69) is 0 Å². The highest BCUT2D eigenvalue weighted by Crippen LogP contribution is 2.38. The van der Waals surface area contributed by atoms with Crippen LogP contribution in [0, 0.1) is 11.6 Å². The molecule has 2 aromatic rings. The number of ether oxygens (including phenoxy) is 1. The number of hydrogen-bond acceptors (Lipinski definition) is 4. The molecule has 2 aliphatic rings. The molecule has 10 heteroatoms. The molecule has 0 spiro atoms. The molecule has 1 N–H and O–H groups in total. The van der Waals surface area contributed by atoms with Crippen LogP contribution in [0.4, 0.5) is 24.1 Å². The third-order valence-corrected chi connectivity index (χ3v) is 6.39. The first-order valence-corrected chi connectivity index (χ1v) is 11.8. The van der Waals surface area contributed by atoms with Gasteiger partial charge in [0.15, 0.2) is 0 Å². The first-order valence-electron chi connectivity index (χ1n) is 11.8. The standard InChI is InChI=1S/C26H29F2N3O5/c1-26(2,3)36-25(35)29-11-9-17(10-12-29)31-22(16-7-5-4-6-8-16)15-30(24(31)34)21-13-18(23(32)33)19(27)14-20(21)28/h4-8,13-14,17,22H,9-12,15H2,1-3H3,(H,32,33)/t22-/m0/s1. The van der Waals surface area contributed by atoms with Gasteiger partial charge in [0, 0.05) is 25.2 Å². The Hall–Kier alpha value is -3.69. The van der Waals surface area contributed by atoms with Crippen LogP contribution < -0.4 is 4.90 Å². The fraction of sp³-hybridized carbons (Fsp3) is 0.423. The van der Waals surface area contributed by atoms with E-state index < -0.39 is 46.9 Å². The zero-order valence-electron chi connectivity index (χ0n) is 20.4. The number of anilines is 1. The van der Waals surface area contributed by atoms with Gasteiger partial charge in [-0.2, -0.15) is 0 Å². The maximum absolute atomic E-state index is 14.8. The lowest BCUT2D eigenvalue weighted by Gasteiger charge is -2.39. The van der Waals surface area contributed by atoms with Crippen LogP contribution in [0.1, 0.15) is 55.6 Å². The summed E-state index contributed by atoms with van der Waals surface area (Å²) in [7, 11) is 0. The van der Waals surface area contributed by atoms with Gasteiger partial charge in [-0.15, -0.1) is 0 Å². The van der Waals surface area contributed by atoms with Gasteiger partial charge in [-0.05, 0) is 45.2 Å². The number of hydrogen-bond donors (Lipinski definition) is 1. The second-order valence-electron chi connectivity index (χ2n) is 10.0. The van der Waals surface area contributed by atoms with E-state index in [1.54, 1.807) is 30.6 Å². The summed E-state index contributed by atoms with van der Waals surface area (Å²) >= 11 is 0. The van der Waals surface area contributed by atoms with Gasteiger partial charge in [-0.1, -0.05) is 30.3 Å². The van der Waals surface area contributed by atoms with E-state index in [1.165, 1.54) is 4.90 Å². The number of benzene rings is 2. The number of carboxylic acid groups (broad SMARTS) is 1. The van der Waals surface area contributed by atoms with E-state index in [1.807, 2.05) is 30.3 Å². The molecular weight excluding hydrogens is 472 g/mol. The smallest absolute Gasteiger partial charge is 0.410 e. The van der Waals surface area contributed by atoms with Gasteiger partial charge < -0.3 is 19.6 Å². The van der Waals surface area contributed by atoms with Crippen molar-refractivity contribution in [3.8, 4) is 0 Å². The minimum Gasteiger partial charge on any atom is -0.478 e. The van der Waals surface area contributed by atoms with E-state index in [0.29, 0.717) is 32.0 Å². The molecule has 0 saturated carbocycles. The van der Waals surface area contributed by atoms with Crippen molar-refractivity contribution in [2.24, 2.45) is 0 Å². The Morgan fingerprint density at radius 3 is 2.25 bits per heavy atom. The first kappa shape index (κ1) is 25.4. The van der Waals surface area contributed by atoms with E-state index >= 15 is 0 Å². The molecule has 0 unspecified atom stereocenters. The zero-order chi connectivity index (χ0) is 26.2. The summed E-state index contributed by atoms with van der Waals surface area (Å²) in [4.78, 5) is 42.0. The van der Waals surface area contributed by atoms with E-state index in [-0.39, 0.29) is 18.3 Å². The van der Waals surface area contributed by atoms with Crippen molar-refractivity contribution in [2.75, 3.05) is 24.5 Å². The summed E-state index contributed by atoms with van der Waals surface area (Å²) in [5.41, 5.74) is -0.775. The molecule has 3 amide bonds. The van der Waals surface area contributed by atoms with Crippen molar-refractivity contribution >= 4 is 23.8 Å². The van der Waals surface area contributed by atoms with Crippen LogP contribution in [0.3, 0.4) is 0 Å². The lowest BCUT2D eigenvalue weighted by molar-refractivity contribution is 0.0158. The molecule has 0 aliphatic carbocycles. The zero-order valence-corrected chi connectivity index (χ0v) is 20.4. The van der Waals surface area contributed by atoms with Crippen molar-refractivity contribution in [3.05, 3.63) is 65.2 Å². The van der Waals surface area contributed by atoms with Crippen LogP contribution in [0.15, 0.2) is 42.5 Å². The lowest BCUT2D eigenvalue weighted by Crippen LogP contribution is -2.49.